The van der Waals surface area contributed by atoms with Crippen molar-refractivity contribution in [2.45, 2.75) is 38.6 Å². The molecule has 1 aliphatic rings. The lowest BCUT2D eigenvalue weighted by molar-refractivity contribution is 0.0648. The molecule has 3 nitrogen and oxygen atoms in total. The van der Waals surface area contributed by atoms with Gasteiger partial charge in [0.1, 0.15) is 0 Å². The summed E-state index contributed by atoms with van der Waals surface area (Å²) in [6.07, 6.45) is 6.00. The Morgan fingerprint density at radius 2 is 2.10 bits per heavy atom. The molecule has 1 atom stereocenters. The average molecular weight is 283 g/mol. The van der Waals surface area contributed by atoms with E-state index in [0.29, 0.717) is 5.76 Å². The van der Waals surface area contributed by atoms with Crippen LogP contribution in [-0.2, 0) is 0 Å². The van der Waals surface area contributed by atoms with E-state index >= 15 is 0 Å². The number of carbonyl (C=O) groups excluding carboxylic acids is 1. The molecule has 0 saturated carbocycles. The smallest absolute Gasteiger partial charge is 0.290 e. The Hall–Kier alpha value is -2.03. The molecule has 1 amide bonds. The number of benzene rings is 1. The quantitative estimate of drug-likeness (QED) is 0.821. The number of furan rings is 1. The molecule has 0 bridgehead atoms. The first-order valence-electron chi connectivity index (χ1n) is 7.67. The first-order valence-corrected chi connectivity index (χ1v) is 7.67. The zero-order valence-corrected chi connectivity index (χ0v) is 12.4. The van der Waals surface area contributed by atoms with Crippen molar-refractivity contribution in [1.82, 2.24) is 4.90 Å². The SMILES string of the molecule is Cc1cccc(C2CCCCCN2C(=O)c2ccco2)c1. The predicted octanol–water partition coefficient (Wildman–Crippen LogP) is 4.35. The largest absolute Gasteiger partial charge is 0.459 e. The lowest BCUT2D eigenvalue weighted by atomic mass is 9.99. The molecule has 1 unspecified atom stereocenters. The lowest BCUT2D eigenvalue weighted by Crippen LogP contribution is -2.34. The number of hydrogen-bond donors (Lipinski definition) is 0. The van der Waals surface area contributed by atoms with Crippen LogP contribution < -0.4 is 0 Å². The van der Waals surface area contributed by atoms with Crippen molar-refractivity contribution in [1.29, 1.82) is 0 Å². The summed E-state index contributed by atoms with van der Waals surface area (Å²) in [6.45, 7) is 2.90. The molecule has 3 rings (SSSR count). The topological polar surface area (TPSA) is 33.5 Å². The molecule has 1 saturated heterocycles. The van der Waals surface area contributed by atoms with Gasteiger partial charge < -0.3 is 9.32 Å². The summed E-state index contributed by atoms with van der Waals surface area (Å²) in [5.74, 6) is 0.447. The van der Waals surface area contributed by atoms with Crippen LogP contribution in [-0.4, -0.2) is 17.4 Å². The van der Waals surface area contributed by atoms with Gasteiger partial charge in [0.25, 0.3) is 5.91 Å². The molecule has 2 aromatic rings. The van der Waals surface area contributed by atoms with E-state index in [2.05, 4.69) is 31.2 Å². The van der Waals surface area contributed by atoms with Gasteiger partial charge in [-0.15, -0.1) is 0 Å². The van der Waals surface area contributed by atoms with Crippen LogP contribution in [0, 0.1) is 6.92 Å². The van der Waals surface area contributed by atoms with Crippen LogP contribution in [0.5, 0.6) is 0 Å². The monoisotopic (exact) mass is 283 g/mol. The average Bonchev–Trinajstić information content (AvgIpc) is 2.91. The second-order valence-electron chi connectivity index (χ2n) is 5.76. The molecular weight excluding hydrogens is 262 g/mol. The third-order valence-electron chi connectivity index (χ3n) is 4.17. The Labute approximate surface area is 125 Å². The van der Waals surface area contributed by atoms with Crippen molar-refractivity contribution in [3.63, 3.8) is 0 Å². The summed E-state index contributed by atoms with van der Waals surface area (Å²) in [5, 5.41) is 0. The highest BCUT2D eigenvalue weighted by molar-refractivity contribution is 5.91. The zero-order chi connectivity index (χ0) is 14.7. The highest BCUT2D eigenvalue weighted by atomic mass is 16.3. The van der Waals surface area contributed by atoms with Crippen LogP contribution in [0.15, 0.2) is 47.1 Å². The third kappa shape index (κ3) is 3.02. The van der Waals surface area contributed by atoms with Crippen molar-refractivity contribution in [3.05, 3.63) is 59.5 Å². The molecular formula is C18H21NO2. The van der Waals surface area contributed by atoms with E-state index in [0.717, 1.165) is 19.4 Å². The van der Waals surface area contributed by atoms with Gasteiger partial charge in [-0.3, -0.25) is 4.79 Å². The van der Waals surface area contributed by atoms with E-state index < -0.39 is 0 Å². The summed E-state index contributed by atoms with van der Waals surface area (Å²) >= 11 is 0. The van der Waals surface area contributed by atoms with Crippen molar-refractivity contribution in [2.24, 2.45) is 0 Å². The Balaban J connectivity index is 1.92. The maximum atomic E-state index is 12.7. The second kappa shape index (κ2) is 6.17. The van der Waals surface area contributed by atoms with Crippen molar-refractivity contribution < 1.29 is 9.21 Å². The van der Waals surface area contributed by atoms with E-state index in [1.807, 2.05) is 4.90 Å². The number of hydrogen-bond acceptors (Lipinski definition) is 2. The van der Waals surface area contributed by atoms with Crippen molar-refractivity contribution in [3.8, 4) is 0 Å². The number of rotatable bonds is 2. The van der Waals surface area contributed by atoms with Gasteiger partial charge in [0, 0.05) is 6.54 Å². The van der Waals surface area contributed by atoms with E-state index in [1.54, 1.807) is 18.4 Å². The van der Waals surface area contributed by atoms with Crippen molar-refractivity contribution in [2.75, 3.05) is 6.54 Å². The molecule has 1 aliphatic heterocycles. The highest BCUT2D eigenvalue weighted by Crippen LogP contribution is 2.31. The van der Waals surface area contributed by atoms with Gasteiger partial charge >= 0.3 is 0 Å². The maximum absolute atomic E-state index is 12.7. The standard InChI is InChI=1S/C18H21NO2/c1-14-7-5-8-15(13-14)16-9-3-2-4-11-19(16)18(20)17-10-6-12-21-17/h5-8,10,12-13,16H,2-4,9,11H2,1H3. The minimum absolute atomic E-state index is 0.00778. The molecule has 0 spiro atoms. The fourth-order valence-corrected chi connectivity index (χ4v) is 3.12. The number of amides is 1. The highest BCUT2D eigenvalue weighted by Gasteiger charge is 2.28. The van der Waals surface area contributed by atoms with Crippen LogP contribution >= 0.6 is 0 Å². The first-order chi connectivity index (χ1) is 10.3. The van der Waals surface area contributed by atoms with Crippen molar-refractivity contribution >= 4 is 5.91 Å². The van der Waals surface area contributed by atoms with Gasteiger partial charge in [-0.25, -0.2) is 0 Å². The van der Waals surface area contributed by atoms with Crippen LogP contribution in [0.3, 0.4) is 0 Å². The molecule has 3 heteroatoms. The molecule has 1 aromatic heterocycles. The van der Waals surface area contributed by atoms with Crippen LogP contribution in [0.2, 0.25) is 0 Å². The minimum Gasteiger partial charge on any atom is -0.459 e. The van der Waals surface area contributed by atoms with Gasteiger partial charge in [0.2, 0.25) is 0 Å². The summed E-state index contributed by atoms with van der Waals surface area (Å²) in [6, 6.07) is 12.2. The molecule has 0 N–H and O–H groups in total. The van der Waals surface area contributed by atoms with E-state index in [1.165, 1.54) is 24.0 Å². The van der Waals surface area contributed by atoms with E-state index in [4.69, 9.17) is 4.42 Å². The predicted molar refractivity (Wildman–Crippen MR) is 82.1 cm³/mol. The van der Waals surface area contributed by atoms with Crippen LogP contribution in [0.1, 0.15) is 53.4 Å². The lowest BCUT2D eigenvalue weighted by Gasteiger charge is -2.30. The Morgan fingerprint density at radius 3 is 2.86 bits per heavy atom. The summed E-state index contributed by atoms with van der Waals surface area (Å²) in [4.78, 5) is 14.7. The van der Waals surface area contributed by atoms with Crippen LogP contribution in [0.4, 0.5) is 0 Å². The van der Waals surface area contributed by atoms with Gasteiger partial charge in [-0.2, -0.15) is 0 Å². The van der Waals surface area contributed by atoms with E-state index in [-0.39, 0.29) is 11.9 Å². The fourth-order valence-electron chi connectivity index (χ4n) is 3.12. The zero-order valence-electron chi connectivity index (χ0n) is 12.4. The molecule has 1 fully saturated rings. The maximum Gasteiger partial charge on any atom is 0.290 e. The van der Waals surface area contributed by atoms with Gasteiger partial charge in [0.15, 0.2) is 5.76 Å². The number of carbonyl (C=O) groups is 1. The number of likely N-dealkylation sites (tertiary alicyclic amines) is 1. The summed E-state index contributed by atoms with van der Waals surface area (Å²) in [7, 11) is 0. The Bertz CT molecular complexity index is 603. The number of nitrogens with zero attached hydrogens (tertiary/aromatic N) is 1. The third-order valence-corrected chi connectivity index (χ3v) is 4.17. The Kier molecular flexibility index (Phi) is 4.09. The summed E-state index contributed by atoms with van der Waals surface area (Å²) in [5.41, 5.74) is 2.47. The molecule has 0 aliphatic carbocycles. The molecule has 0 radical (unpaired) electrons. The Morgan fingerprint density at radius 1 is 1.19 bits per heavy atom. The van der Waals surface area contributed by atoms with Crippen LogP contribution in [0.25, 0.3) is 0 Å². The summed E-state index contributed by atoms with van der Waals surface area (Å²) < 4.78 is 5.31. The first kappa shape index (κ1) is 13.9. The normalized spacial score (nSPS) is 19.3. The number of aryl methyl sites for hydroxylation is 1. The molecule has 2 heterocycles. The van der Waals surface area contributed by atoms with Gasteiger partial charge in [-0.1, -0.05) is 42.7 Å². The van der Waals surface area contributed by atoms with E-state index in [9.17, 15) is 4.79 Å². The molecule has 110 valence electrons. The minimum atomic E-state index is 0.00778. The van der Waals surface area contributed by atoms with Gasteiger partial charge in [-0.05, 0) is 37.5 Å². The van der Waals surface area contributed by atoms with Gasteiger partial charge in [0.05, 0.1) is 12.3 Å². The molecule has 1 aromatic carbocycles. The fraction of sp³-hybridized carbons (Fsp3) is 0.389. The molecule has 21 heavy (non-hydrogen) atoms. The second-order valence-corrected chi connectivity index (χ2v) is 5.76.